The van der Waals surface area contributed by atoms with Crippen molar-refractivity contribution in [2.24, 2.45) is 5.92 Å². The van der Waals surface area contributed by atoms with Gasteiger partial charge in [-0.25, -0.2) is 0 Å². The molecular weight excluding hydrogens is 212 g/mol. The minimum absolute atomic E-state index is 0.229. The van der Waals surface area contributed by atoms with Crippen LogP contribution in [0.5, 0.6) is 0 Å². The average molecular weight is 230 g/mol. The van der Waals surface area contributed by atoms with Gasteiger partial charge >= 0.3 is 5.97 Å². The van der Waals surface area contributed by atoms with Crippen molar-refractivity contribution in [2.45, 2.75) is 33.2 Å². The molecule has 0 aliphatic carbocycles. The Labute approximate surface area is 94.4 Å². The van der Waals surface area contributed by atoms with Gasteiger partial charge in [0.1, 0.15) is 12.6 Å². The zero-order valence-corrected chi connectivity index (χ0v) is 9.74. The molecule has 3 N–H and O–H groups in total. The number of carbonyl (C=O) groups is 3. The van der Waals surface area contributed by atoms with Crippen molar-refractivity contribution in [2.75, 3.05) is 6.54 Å². The van der Waals surface area contributed by atoms with Gasteiger partial charge < -0.3 is 15.7 Å². The average Bonchev–Trinajstić information content (AvgIpc) is 2.11. The van der Waals surface area contributed by atoms with Gasteiger partial charge in [0.25, 0.3) is 0 Å². The highest BCUT2D eigenvalue weighted by Gasteiger charge is 2.20. The highest BCUT2D eigenvalue weighted by Crippen LogP contribution is 2.04. The smallest absolute Gasteiger partial charge is 0.322 e. The fourth-order valence-electron chi connectivity index (χ4n) is 1.23. The number of rotatable bonds is 6. The van der Waals surface area contributed by atoms with Crippen molar-refractivity contribution < 1.29 is 19.5 Å². The van der Waals surface area contributed by atoms with Gasteiger partial charge in [-0.3, -0.25) is 14.4 Å². The van der Waals surface area contributed by atoms with Crippen LogP contribution in [-0.2, 0) is 14.4 Å². The van der Waals surface area contributed by atoms with Gasteiger partial charge in [0.05, 0.1) is 0 Å². The molecule has 0 aliphatic heterocycles. The van der Waals surface area contributed by atoms with Crippen LogP contribution in [0.4, 0.5) is 0 Å². The van der Waals surface area contributed by atoms with Crippen LogP contribution in [0.3, 0.4) is 0 Å². The van der Waals surface area contributed by atoms with Crippen LogP contribution in [0, 0.1) is 5.92 Å². The molecule has 0 bridgehead atoms. The molecule has 1 atom stereocenters. The van der Waals surface area contributed by atoms with Crippen molar-refractivity contribution in [3.63, 3.8) is 0 Å². The lowest BCUT2D eigenvalue weighted by atomic mass is 10.0. The maximum absolute atomic E-state index is 11.5. The number of carboxylic acid groups (broad SMARTS) is 1. The summed E-state index contributed by atoms with van der Waals surface area (Å²) in [6.45, 7) is 4.71. The van der Waals surface area contributed by atoms with Crippen LogP contribution in [0.15, 0.2) is 0 Å². The summed E-state index contributed by atoms with van der Waals surface area (Å²) in [5.41, 5.74) is 0. The fraction of sp³-hybridized carbons (Fsp3) is 0.700. The minimum Gasteiger partial charge on any atom is -0.480 e. The molecule has 0 aliphatic rings. The summed E-state index contributed by atoms with van der Waals surface area (Å²) in [7, 11) is 0. The number of amides is 2. The number of hydrogen-bond donors (Lipinski definition) is 3. The van der Waals surface area contributed by atoms with Crippen LogP contribution < -0.4 is 10.6 Å². The van der Waals surface area contributed by atoms with Crippen molar-refractivity contribution in [3.05, 3.63) is 0 Å². The van der Waals surface area contributed by atoms with E-state index in [1.54, 1.807) is 0 Å². The molecule has 0 aromatic rings. The highest BCUT2D eigenvalue weighted by atomic mass is 16.4. The Morgan fingerprint density at radius 3 is 2.19 bits per heavy atom. The summed E-state index contributed by atoms with van der Waals surface area (Å²) in [6, 6.07) is -0.670. The molecule has 0 saturated heterocycles. The summed E-state index contributed by atoms with van der Waals surface area (Å²) in [5.74, 6) is -1.66. The number of carboxylic acids is 1. The Hall–Kier alpha value is -1.59. The standard InChI is InChI=1S/C10H18N2O4/c1-6(2)4-8(12-7(3)13)10(16)11-5-9(14)15/h6,8H,4-5H2,1-3H3,(H,11,16)(H,12,13)(H,14,15)/t8-/m0/s1. The van der Waals surface area contributed by atoms with Crippen LogP contribution in [0.1, 0.15) is 27.2 Å². The van der Waals surface area contributed by atoms with Gasteiger partial charge in [-0.05, 0) is 12.3 Å². The number of carbonyl (C=O) groups excluding carboxylic acids is 2. The maximum Gasteiger partial charge on any atom is 0.322 e. The predicted molar refractivity (Wildman–Crippen MR) is 57.7 cm³/mol. The van der Waals surface area contributed by atoms with E-state index in [1.807, 2.05) is 13.8 Å². The third kappa shape index (κ3) is 6.80. The normalized spacial score (nSPS) is 12.0. The molecule has 16 heavy (non-hydrogen) atoms. The molecular formula is C10H18N2O4. The first-order valence-corrected chi connectivity index (χ1v) is 5.09. The monoisotopic (exact) mass is 230 g/mol. The predicted octanol–water partition coefficient (Wildman–Crippen LogP) is -0.262. The summed E-state index contributed by atoms with van der Waals surface area (Å²) >= 11 is 0. The fourth-order valence-corrected chi connectivity index (χ4v) is 1.23. The molecule has 92 valence electrons. The number of nitrogens with one attached hydrogen (secondary N) is 2. The lowest BCUT2D eigenvalue weighted by Crippen LogP contribution is -2.47. The van der Waals surface area contributed by atoms with Crippen molar-refractivity contribution in [3.8, 4) is 0 Å². The zero-order valence-electron chi connectivity index (χ0n) is 9.74. The summed E-state index contributed by atoms with van der Waals surface area (Å²) in [6.07, 6.45) is 0.477. The van der Waals surface area contributed by atoms with Gasteiger partial charge in [0.2, 0.25) is 11.8 Å². The molecule has 0 heterocycles. The van der Waals surface area contributed by atoms with Gasteiger partial charge in [-0.2, -0.15) is 0 Å². The Kier molecular flexibility index (Phi) is 6.14. The van der Waals surface area contributed by atoms with Crippen LogP contribution in [0.25, 0.3) is 0 Å². The second-order valence-electron chi connectivity index (χ2n) is 3.99. The third-order valence-electron chi connectivity index (χ3n) is 1.81. The van der Waals surface area contributed by atoms with E-state index in [0.717, 1.165) is 0 Å². The van der Waals surface area contributed by atoms with E-state index in [-0.39, 0.29) is 11.8 Å². The second kappa shape index (κ2) is 6.81. The van der Waals surface area contributed by atoms with E-state index in [0.29, 0.717) is 6.42 Å². The Balaban J connectivity index is 4.31. The van der Waals surface area contributed by atoms with E-state index < -0.39 is 24.5 Å². The van der Waals surface area contributed by atoms with Gasteiger partial charge in [-0.15, -0.1) is 0 Å². The van der Waals surface area contributed by atoms with Crippen LogP contribution in [-0.4, -0.2) is 35.5 Å². The molecule has 0 saturated carbocycles. The lowest BCUT2D eigenvalue weighted by Gasteiger charge is -2.18. The summed E-state index contributed by atoms with van der Waals surface area (Å²) < 4.78 is 0. The molecule has 2 amide bonds. The molecule has 0 aromatic heterocycles. The van der Waals surface area contributed by atoms with Crippen LogP contribution in [0.2, 0.25) is 0 Å². The van der Waals surface area contributed by atoms with Gasteiger partial charge in [-0.1, -0.05) is 13.8 Å². The van der Waals surface area contributed by atoms with E-state index in [2.05, 4.69) is 10.6 Å². The molecule has 0 unspecified atom stereocenters. The van der Waals surface area contributed by atoms with E-state index >= 15 is 0 Å². The highest BCUT2D eigenvalue weighted by molar-refractivity contribution is 5.88. The topological polar surface area (TPSA) is 95.5 Å². The molecule has 6 nitrogen and oxygen atoms in total. The largest absolute Gasteiger partial charge is 0.480 e. The third-order valence-corrected chi connectivity index (χ3v) is 1.81. The first-order valence-electron chi connectivity index (χ1n) is 5.09. The maximum atomic E-state index is 11.5. The first-order chi connectivity index (χ1) is 7.32. The van der Waals surface area contributed by atoms with Crippen LogP contribution >= 0.6 is 0 Å². The van der Waals surface area contributed by atoms with Crippen molar-refractivity contribution in [1.29, 1.82) is 0 Å². The molecule has 0 rings (SSSR count). The second-order valence-corrected chi connectivity index (χ2v) is 3.99. The lowest BCUT2D eigenvalue weighted by molar-refractivity contribution is -0.138. The van der Waals surface area contributed by atoms with Gasteiger partial charge in [0.15, 0.2) is 0 Å². The quantitative estimate of drug-likeness (QED) is 0.585. The van der Waals surface area contributed by atoms with Crippen molar-refractivity contribution >= 4 is 17.8 Å². The number of aliphatic carboxylic acids is 1. The molecule has 0 fully saturated rings. The van der Waals surface area contributed by atoms with E-state index in [9.17, 15) is 14.4 Å². The van der Waals surface area contributed by atoms with Crippen molar-refractivity contribution in [1.82, 2.24) is 10.6 Å². The summed E-state index contributed by atoms with van der Waals surface area (Å²) in [5, 5.41) is 13.1. The molecule has 0 spiro atoms. The van der Waals surface area contributed by atoms with E-state index in [4.69, 9.17) is 5.11 Å². The Bertz CT molecular complexity index is 276. The Morgan fingerprint density at radius 1 is 1.25 bits per heavy atom. The SMILES string of the molecule is CC(=O)N[C@@H](CC(C)C)C(=O)NCC(=O)O. The van der Waals surface area contributed by atoms with E-state index in [1.165, 1.54) is 6.92 Å². The minimum atomic E-state index is -1.11. The van der Waals surface area contributed by atoms with Gasteiger partial charge in [0, 0.05) is 6.92 Å². The molecule has 6 heteroatoms. The summed E-state index contributed by atoms with van der Waals surface area (Å²) in [4.78, 5) is 32.7. The zero-order chi connectivity index (χ0) is 12.7. The molecule has 0 radical (unpaired) electrons. The molecule has 0 aromatic carbocycles. The first kappa shape index (κ1) is 14.4. The number of hydrogen-bond acceptors (Lipinski definition) is 3. The Morgan fingerprint density at radius 2 is 1.81 bits per heavy atom.